The van der Waals surface area contributed by atoms with Crippen molar-refractivity contribution in [3.05, 3.63) is 0 Å². The zero-order valence-corrected chi connectivity index (χ0v) is 10.1. The number of ether oxygens (including phenoxy) is 1. The topological polar surface area (TPSA) is 9.23 Å². The second-order valence-electron chi connectivity index (χ2n) is 4.09. The third kappa shape index (κ3) is 4.09. The lowest BCUT2D eigenvalue weighted by molar-refractivity contribution is -0.370. The summed E-state index contributed by atoms with van der Waals surface area (Å²) in [6, 6.07) is 0. The van der Waals surface area contributed by atoms with Gasteiger partial charge in [0, 0.05) is 0 Å². The molecule has 23 heavy (non-hydrogen) atoms. The lowest BCUT2D eigenvalue weighted by Gasteiger charge is -2.32. The molecule has 0 N–H and O–H groups in total. The van der Waals surface area contributed by atoms with Crippen molar-refractivity contribution in [2.75, 3.05) is 13.2 Å². The normalized spacial score (nSPS) is 15.9. The fraction of sp³-hybridized carbons (Fsp3) is 1.00. The highest BCUT2D eigenvalue weighted by atomic mass is 19.4. The summed E-state index contributed by atoms with van der Waals surface area (Å²) in [5, 5.41) is 0. The first-order valence-electron chi connectivity index (χ1n) is 4.93. The van der Waals surface area contributed by atoms with E-state index < -0.39 is 49.3 Å². The van der Waals surface area contributed by atoms with E-state index in [1.807, 2.05) is 0 Å². The standard InChI is InChI=1S/C8H4F14O/c9-3(5(11,12)13,6(14,15)16)1-23-2-4(10,7(17,18)19)8(20,21)22/h1-2H2. The van der Waals surface area contributed by atoms with E-state index in [0.29, 0.717) is 0 Å². The summed E-state index contributed by atoms with van der Waals surface area (Å²) < 4.78 is 172. The van der Waals surface area contributed by atoms with Crippen LogP contribution in [0.25, 0.3) is 0 Å². The molecule has 0 amide bonds. The molecule has 15 heteroatoms. The van der Waals surface area contributed by atoms with Gasteiger partial charge in [0.15, 0.2) is 0 Å². The Labute approximate surface area is 117 Å². The van der Waals surface area contributed by atoms with Gasteiger partial charge in [-0.2, -0.15) is 52.7 Å². The minimum Gasteiger partial charge on any atom is -0.373 e. The lowest BCUT2D eigenvalue weighted by Crippen LogP contribution is -2.59. The van der Waals surface area contributed by atoms with Gasteiger partial charge in [0.1, 0.15) is 0 Å². The largest absolute Gasteiger partial charge is 0.433 e. The first-order chi connectivity index (χ1) is 9.71. The molecule has 0 bridgehead atoms. The van der Waals surface area contributed by atoms with Crippen LogP contribution in [0.5, 0.6) is 0 Å². The van der Waals surface area contributed by atoms with Crippen LogP contribution >= 0.6 is 0 Å². The molecular weight excluding hydrogens is 378 g/mol. The molecule has 0 fully saturated rings. The Morgan fingerprint density at radius 1 is 0.391 bits per heavy atom. The number of rotatable bonds is 4. The summed E-state index contributed by atoms with van der Waals surface area (Å²) in [7, 11) is 0. The van der Waals surface area contributed by atoms with Gasteiger partial charge in [0.05, 0.1) is 13.2 Å². The SMILES string of the molecule is FC(F)(F)C(F)(COCC(F)(C(F)(F)F)C(F)(F)F)C(F)(F)F. The minimum absolute atomic E-state index is 2.84. The first kappa shape index (κ1) is 22.0. The maximum atomic E-state index is 12.9. The van der Waals surface area contributed by atoms with E-state index >= 15 is 0 Å². The van der Waals surface area contributed by atoms with Crippen LogP contribution in [0.2, 0.25) is 0 Å². The third-order valence-electron chi connectivity index (χ3n) is 2.40. The fourth-order valence-electron chi connectivity index (χ4n) is 0.981. The molecule has 1 nitrogen and oxygen atoms in total. The van der Waals surface area contributed by atoms with Crippen LogP contribution in [-0.2, 0) is 4.74 Å². The minimum atomic E-state index is -6.78. The molecule has 0 rings (SSSR count). The van der Waals surface area contributed by atoms with Gasteiger partial charge in [-0.05, 0) is 0 Å². The van der Waals surface area contributed by atoms with E-state index in [0.717, 1.165) is 0 Å². The van der Waals surface area contributed by atoms with Crippen molar-refractivity contribution in [1.82, 2.24) is 0 Å². The van der Waals surface area contributed by atoms with Crippen LogP contribution in [0.4, 0.5) is 61.5 Å². The summed E-state index contributed by atoms with van der Waals surface area (Å²) in [5.41, 5.74) is -12.6. The van der Waals surface area contributed by atoms with Crippen LogP contribution in [0.3, 0.4) is 0 Å². The van der Waals surface area contributed by atoms with E-state index in [4.69, 9.17) is 0 Å². The Hall–Kier alpha value is -1.02. The van der Waals surface area contributed by atoms with Gasteiger partial charge in [-0.1, -0.05) is 0 Å². The molecule has 0 aliphatic carbocycles. The Bertz CT molecular complexity index is 331. The zero-order chi connectivity index (χ0) is 19.1. The van der Waals surface area contributed by atoms with Gasteiger partial charge in [-0.3, -0.25) is 0 Å². The van der Waals surface area contributed by atoms with E-state index in [9.17, 15) is 61.5 Å². The quantitative estimate of drug-likeness (QED) is 0.643. The predicted molar refractivity (Wildman–Crippen MR) is 42.7 cm³/mol. The van der Waals surface area contributed by atoms with E-state index in [1.54, 1.807) is 0 Å². The number of halogens is 14. The molecule has 0 saturated heterocycles. The van der Waals surface area contributed by atoms with Crippen LogP contribution < -0.4 is 0 Å². The molecule has 0 spiro atoms. The molecule has 0 unspecified atom stereocenters. The molecular formula is C8H4F14O. The van der Waals surface area contributed by atoms with Gasteiger partial charge >= 0.3 is 36.0 Å². The van der Waals surface area contributed by atoms with Crippen molar-refractivity contribution in [3.63, 3.8) is 0 Å². The van der Waals surface area contributed by atoms with E-state index in [2.05, 4.69) is 4.74 Å². The van der Waals surface area contributed by atoms with Gasteiger partial charge in [0.25, 0.3) is 0 Å². The Morgan fingerprint density at radius 3 is 0.696 bits per heavy atom. The highest BCUT2D eigenvalue weighted by molar-refractivity contribution is 4.97. The van der Waals surface area contributed by atoms with Crippen molar-refractivity contribution in [2.45, 2.75) is 36.0 Å². The number of alkyl halides is 14. The molecule has 0 aromatic carbocycles. The summed E-state index contributed by atoms with van der Waals surface area (Å²) in [5.74, 6) is 0. The summed E-state index contributed by atoms with van der Waals surface area (Å²) in [4.78, 5) is 0. The second-order valence-corrected chi connectivity index (χ2v) is 4.09. The van der Waals surface area contributed by atoms with Gasteiger partial charge in [-0.25, -0.2) is 8.78 Å². The van der Waals surface area contributed by atoms with Crippen molar-refractivity contribution >= 4 is 0 Å². The number of hydrogen-bond donors (Lipinski definition) is 0. The Kier molecular flexibility index (Phi) is 5.55. The van der Waals surface area contributed by atoms with Crippen LogP contribution in [0, 0.1) is 0 Å². The van der Waals surface area contributed by atoms with Crippen molar-refractivity contribution in [3.8, 4) is 0 Å². The molecule has 0 saturated carbocycles. The highest BCUT2D eigenvalue weighted by Gasteiger charge is 2.75. The second kappa shape index (κ2) is 5.81. The maximum absolute atomic E-state index is 12.9. The third-order valence-corrected chi connectivity index (χ3v) is 2.40. The molecule has 0 atom stereocenters. The molecule has 0 aliphatic rings. The smallest absolute Gasteiger partial charge is 0.373 e. The molecule has 0 radical (unpaired) electrons. The molecule has 0 aliphatic heterocycles. The Balaban J connectivity index is 5.38. The fourth-order valence-corrected chi connectivity index (χ4v) is 0.981. The van der Waals surface area contributed by atoms with E-state index in [-0.39, 0.29) is 0 Å². The molecule has 0 aromatic rings. The van der Waals surface area contributed by atoms with Crippen LogP contribution in [0.1, 0.15) is 0 Å². The molecule has 0 heterocycles. The first-order valence-corrected chi connectivity index (χ1v) is 4.93. The highest BCUT2D eigenvalue weighted by Crippen LogP contribution is 2.49. The van der Waals surface area contributed by atoms with Crippen LogP contribution in [0.15, 0.2) is 0 Å². The van der Waals surface area contributed by atoms with Gasteiger partial charge in [-0.15, -0.1) is 0 Å². The molecule has 140 valence electrons. The average molecular weight is 382 g/mol. The van der Waals surface area contributed by atoms with Crippen molar-refractivity contribution in [1.29, 1.82) is 0 Å². The van der Waals surface area contributed by atoms with Gasteiger partial charge in [0.2, 0.25) is 0 Å². The average Bonchev–Trinajstić information content (AvgIpc) is 2.22. The Morgan fingerprint density at radius 2 is 0.565 bits per heavy atom. The summed E-state index contributed by atoms with van der Waals surface area (Å²) in [6.07, 6.45) is -27.1. The number of hydrogen-bond acceptors (Lipinski definition) is 1. The lowest BCUT2D eigenvalue weighted by atomic mass is 10.1. The van der Waals surface area contributed by atoms with Crippen molar-refractivity contribution in [2.24, 2.45) is 0 Å². The molecule has 0 aromatic heterocycles. The van der Waals surface area contributed by atoms with E-state index in [1.165, 1.54) is 0 Å². The van der Waals surface area contributed by atoms with Crippen LogP contribution in [-0.4, -0.2) is 49.3 Å². The maximum Gasteiger partial charge on any atom is 0.433 e. The summed E-state index contributed by atoms with van der Waals surface area (Å²) in [6.45, 7) is -6.70. The predicted octanol–water partition coefficient (Wildman–Crippen LogP) is 4.67. The van der Waals surface area contributed by atoms with Crippen molar-refractivity contribution < 1.29 is 66.2 Å². The van der Waals surface area contributed by atoms with Gasteiger partial charge < -0.3 is 4.74 Å². The summed E-state index contributed by atoms with van der Waals surface area (Å²) >= 11 is 0. The monoisotopic (exact) mass is 382 g/mol. The zero-order valence-electron chi connectivity index (χ0n) is 10.1.